The van der Waals surface area contributed by atoms with Gasteiger partial charge in [0.1, 0.15) is 5.75 Å². The summed E-state index contributed by atoms with van der Waals surface area (Å²) in [6.07, 6.45) is 1.66. The van der Waals surface area contributed by atoms with E-state index < -0.39 is 5.91 Å². The number of carbonyl (C=O) groups excluding carboxylic acids is 1. The Morgan fingerprint density at radius 1 is 1.03 bits per heavy atom. The molecule has 0 atom stereocenters. The van der Waals surface area contributed by atoms with Crippen molar-refractivity contribution in [1.82, 2.24) is 10.3 Å². The van der Waals surface area contributed by atoms with Crippen LogP contribution in [0.5, 0.6) is 5.75 Å². The average Bonchev–Trinajstić information content (AvgIpc) is 2.85. The minimum Gasteiger partial charge on any atom is -0.506 e. The molecule has 1 saturated heterocycles. The van der Waals surface area contributed by atoms with Gasteiger partial charge in [0.05, 0.1) is 11.2 Å². The van der Waals surface area contributed by atoms with Crippen molar-refractivity contribution >= 4 is 29.4 Å². The lowest BCUT2D eigenvalue weighted by molar-refractivity contribution is 0.0955. The van der Waals surface area contributed by atoms with Crippen molar-refractivity contribution in [3.8, 4) is 5.75 Å². The van der Waals surface area contributed by atoms with Crippen LogP contribution in [0, 0.1) is 13.8 Å². The lowest BCUT2D eigenvalue weighted by atomic mass is 10.0. The fourth-order valence-corrected chi connectivity index (χ4v) is 4.35. The number of nitrogens with one attached hydrogen (secondary N) is 1. The molecule has 0 saturated carbocycles. The van der Waals surface area contributed by atoms with E-state index in [-0.39, 0.29) is 10.8 Å². The molecule has 0 bridgehead atoms. The molecule has 0 unspecified atom stereocenters. The maximum absolute atomic E-state index is 12.3. The van der Waals surface area contributed by atoms with Gasteiger partial charge in [-0.3, -0.25) is 9.69 Å². The predicted octanol–water partition coefficient (Wildman–Crippen LogP) is 4.75. The van der Waals surface area contributed by atoms with Gasteiger partial charge >= 0.3 is 0 Å². The highest BCUT2D eigenvalue weighted by molar-refractivity contribution is 6.32. The zero-order valence-corrected chi connectivity index (χ0v) is 20.2. The molecule has 1 aliphatic rings. The summed E-state index contributed by atoms with van der Waals surface area (Å²) in [5, 5.41) is 13.7. The van der Waals surface area contributed by atoms with Gasteiger partial charge in [0, 0.05) is 44.0 Å². The summed E-state index contributed by atoms with van der Waals surface area (Å²) < 4.78 is 0. The molecule has 4 rings (SSSR count). The Labute approximate surface area is 205 Å². The lowest BCUT2D eigenvalue weighted by Gasteiger charge is -2.37. The van der Waals surface area contributed by atoms with Crippen molar-refractivity contribution in [2.75, 3.05) is 31.1 Å². The number of nitrogens with zero attached hydrogens (tertiary/aromatic N) is 3. The molecule has 176 valence electrons. The summed E-state index contributed by atoms with van der Waals surface area (Å²) in [4.78, 5) is 17.2. The summed E-state index contributed by atoms with van der Waals surface area (Å²) in [5.74, 6) is -0.456. The Bertz CT molecular complexity index is 1190. The van der Waals surface area contributed by atoms with E-state index in [9.17, 15) is 9.90 Å². The topological polar surface area (TPSA) is 68.2 Å². The first-order chi connectivity index (χ1) is 16.4. The number of hydrazone groups is 1. The molecule has 7 heteroatoms. The number of phenols is 1. The zero-order chi connectivity index (χ0) is 24.1. The lowest BCUT2D eigenvalue weighted by Crippen LogP contribution is -2.46. The maximum atomic E-state index is 12.3. The normalized spacial score (nSPS) is 14.5. The van der Waals surface area contributed by atoms with Crippen molar-refractivity contribution < 1.29 is 9.90 Å². The minimum atomic E-state index is -0.391. The fourth-order valence-electron chi connectivity index (χ4n) is 4.17. The van der Waals surface area contributed by atoms with E-state index in [0.29, 0.717) is 5.56 Å². The van der Waals surface area contributed by atoms with Crippen LogP contribution in [0.15, 0.2) is 65.8 Å². The van der Waals surface area contributed by atoms with Gasteiger partial charge in [0.15, 0.2) is 0 Å². The highest BCUT2D eigenvalue weighted by Gasteiger charge is 2.19. The van der Waals surface area contributed by atoms with Gasteiger partial charge in [-0.15, -0.1) is 0 Å². The highest BCUT2D eigenvalue weighted by atomic mass is 35.5. The van der Waals surface area contributed by atoms with Gasteiger partial charge in [-0.2, -0.15) is 5.10 Å². The monoisotopic (exact) mass is 476 g/mol. The second-order valence-corrected chi connectivity index (χ2v) is 8.95. The molecule has 1 aliphatic heterocycles. The van der Waals surface area contributed by atoms with Crippen LogP contribution in [0.25, 0.3) is 0 Å². The van der Waals surface area contributed by atoms with E-state index in [1.54, 1.807) is 6.21 Å². The summed E-state index contributed by atoms with van der Waals surface area (Å²) in [5.41, 5.74) is 8.75. The zero-order valence-electron chi connectivity index (χ0n) is 19.5. The SMILES string of the molecule is Cc1c(C=NNC(=O)c2ccc(O)c(Cl)c2)ccc(N2CCN(Cc3ccccc3)CC2)c1C. The van der Waals surface area contributed by atoms with Gasteiger partial charge in [0.25, 0.3) is 5.91 Å². The van der Waals surface area contributed by atoms with Crippen LogP contribution in [-0.2, 0) is 6.54 Å². The smallest absolute Gasteiger partial charge is 0.271 e. The highest BCUT2D eigenvalue weighted by Crippen LogP contribution is 2.27. The van der Waals surface area contributed by atoms with Crippen molar-refractivity contribution in [2.24, 2.45) is 5.10 Å². The van der Waals surface area contributed by atoms with Crippen LogP contribution in [0.3, 0.4) is 0 Å². The van der Waals surface area contributed by atoms with Crippen molar-refractivity contribution in [1.29, 1.82) is 0 Å². The van der Waals surface area contributed by atoms with Crippen LogP contribution in [0.2, 0.25) is 5.02 Å². The predicted molar refractivity (Wildman–Crippen MR) is 138 cm³/mol. The molecule has 3 aromatic carbocycles. The van der Waals surface area contributed by atoms with Gasteiger partial charge in [-0.05, 0) is 60.4 Å². The molecule has 0 spiro atoms. The summed E-state index contributed by atoms with van der Waals surface area (Å²) in [7, 11) is 0. The molecule has 0 radical (unpaired) electrons. The Morgan fingerprint density at radius 2 is 1.76 bits per heavy atom. The Hall–Kier alpha value is -3.35. The van der Waals surface area contributed by atoms with E-state index in [2.05, 4.69) is 70.6 Å². The van der Waals surface area contributed by atoms with E-state index in [1.807, 2.05) is 6.07 Å². The minimum absolute atomic E-state index is 0.0643. The number of halogens is 1. The maximum Gasteiger partial charge on any atom is 0.271 e. The van der Waals surface area contributed by atoms with Gasteiger partial charge in [-0.25, -0.2) is 5.43 Å². The number of carbonyl (C=O) groups is 1. The third kappa shape index (κ3) is 5.58. The number of amides is 1. The Morgan fingerprint density at radius 3 is 2.47 bits per heavy atom. The molecule has 3 aromatic rings. The molecule has 1 fully saturated rings. The van der Waals surface area contributed by atoms with Crippen LogP contribution in [0.4, 0.5) is 5.69 Å². The van der Waals surface area contributed by atoms with E-state index in [1.165, 1.54) is 35.0 Å². The number of benzene rings is 3. The van der Waals surface area contributed by atoms with Crippen LogP contribution >= 0.6 is 11.6 Å². The van der Waals surface area contributed by atoms with Crippen molar-refractivity contribution in [2.45, 2.75) is 20.4 Å². The molecule has 0 aliphatic carbocycles. The van der Waals surface area contributed by atoms with Crippen LogP contribution in [-0.4, -0.2) is 48.3 Å². The van der Waals surface area contributed by atoms with E-state index >= 15 is 0 Å². The second kappa shape index (κ2) is 10.7. The standard InChI is InChI=1S/C27H29ClN4O2/c1-19-20(2)25(32-14-12-31(13-15-32)18-21-6-4-3-5-7-21)10-8-23(19)17-29-30-27(34)22-9-11-26(33)24(28)16-22/h3-11,16-17,33H,12-15,18H2,1-2H3,(H,30,34). The number of hydrogen-bond acceptors (Lipinski definition) is 5. The Balaban J connectivity index is 1.36. The number of aromatic hydroxyl groups is 1. The second-order valence-electron chi connectivity index (χ2n) is 8.54. The van der Waals surface area contributed by atoms with Crippen LogP contribution < -0.4 is 10.3 Å². The van der Waals surface area contributed by atoms with Gasteiger partial charge < -0.3 is 10.0 Å². The van der Waals surface area contributed by atoms with Crippen molar-refractivity contribution in [3.05, 3.63) is 93.5 Å². The first kappa shape index (κ1) is 23.8. The van der Waals surface area contributed by atoms with Crippen molar-refractivity contribution in [3.63, 3.8) is 0 Å². The number of hydrogen-bond donors (Lipinski definition) is 2. The third-order valence-electron chi connectivity index (χ3n) is 6.34. The first-order valence-electron chi connectivity index (χ1n) is 11.4. The summed E-state index contributed by atoms with van der Waals surface area (Å²) in [6, 6.07) is 19.1. The average molecular weight is 477 g/mol. The Kier molecular flexibility index (Phi) is 7.50. The molecule has 1 amide bonds. The van der Waals surface area contributed by atoms with Gasteiger partial charge in [-0.1, -0.05) is 48.0 Å². The quantitative estimate of drug-likeness (QED) is 0.398. The number of phenolic OH excluding ortho intramolecular Hbond substituents is 1. The third-order valence-corrected chi connectivity index (χ3v) is 6.64. The summed E-state index contributed by atoms with van der Waals surface area (Å²) >= 11 is 5.87. The number of piperazine rings is 1. The van der Waals surface area contributed by atoms with Gasteiger partial charge in [0.2, 0.25) is 0 Å². The molecular weight excluding hydrogens is 448 g/mol. The molecule has 1 heterocycles. The molecule has 34 heavy (non-hydrogen) atoms. The van der Waals surface area contributed by atoms with E-state index in [4.69, 9.17) is 11.6 Å². The molecule has 2 N–H and O–H groups in total. The summed E-state index contributed by atoms with van der Waals surface area (Å²) in [6.45, 7) is 9.25. The fraction of sp³-hybridized carbons (Fsp3) is 0.259. The molecule has 0 aromatic heterocycles. The van der Waals surface area contributed by atoms with Crippen LogP contribution in [0.1, 0.15) is 32.6 Å². The molecular formula is C27H29ClN4O2. The number of rotatable bonds is 6. The number of anilines is 1. The first-order valence-corrected chi connectivity index (χ1v) is 11.7. The van der Waals surface area contributed by atoms with E-state index in [0.717, 1.165) is 43.9 Å². The largest absolute Gasteiger partial charge is 0.506 e. The molecule has 6 nitrogen and oxygen atoms in total.